The smallest absolute Gasteiger partial charge is 0.312 e. The highest BCUT2D eigenvalue weighted by atomic mass is 35.5. The van der Waals surface area contributed by atoms with Gasteiger partial charge in [0.15, 0.2) is 0 Å². The van der Waals surface area contributed by atoms with Gasteiger partial charge in [-0.25, -0.2) is 4.98 Å². The molecule has 4 fully saturated rings. The van der Waals surface area contributed by atoms with Gasteiger partial charge in [-0.1, -0.05) is 23.7 Å². The fourth-order valence-electron chi connectivity index (χ4n) is 6.92. The van der Waals surface area contributed by atoms with Crippen molar-refractivity contribution in [1.82, 2.24) is 10.3 Å². The molecule has 31 heavy (non-hydrogen) atoms. The number of halogens is 1. The Bertz CT molecular complexity index is 1080. The van der Waals surface area contributed by atoms with Gasteiger partial charge in [0.2, 0.25) is 5.91 Å². The fourth-order valence-corrected chi connectivity index (χ4v) is 7.12. The molecule has 5 nitrogen and oxygen atoms in total. The molecule has 2 atom stereocenters. The average molecular weight is 441 g/mol. The van der Waals surface area contributed by atoms with Crippen LogP contribution in [-0.2, 0) is 20.9 Å². The molecule has 1 aromatic heterocycles. The van der Waals surface area contributed by atoms with Crippen LogP contribution >= 0.6 is 11.6 Å². The Hall–Kier alpha value is -2.14. The minimum Gasteiger partial charge on any atom is -0.460 e. The van der Waals surface area contributed by atoms with Gasteiger partial charge in [-0.3, -0.25) is 9.59 Å². The second-order valence-electron chi connectivity index (χ2n) is 10.3. The molecule has 1 N–H and O–H groups in total. The molecule has 1 heterocycles. The summed E-state index contributed by atoms with van der Waals surface area (Å²) in [6.45, 7) is 5.79. The van der Waals surface area contributed by atoms with E-state index in [9.17, 15) is 9.59 Å². The second-order valence-corrected chi connectivity index (χ2v) is 10.7. The third-order valence-electron chi connectivity index (χ3n) is 7.83. The van der Waals surface area contributed by atoms with Crippen LogP contribution in [0, 0.1) is 31.1 Å². The number of rotatable bonds is 4. The van der Waals surface area contributed by atoms with Crippen molar-refractivity contribution in [1.29, 1.82) is 0 Å². The highest BCUT2D eigenvalue weighted by Gasteiger charge is 2.61. The lowest BCUT2D eigenvalue weighted by atomic mass is 9.47. The van der Waals surface area contributed by atoms with Crippen molar-refractivity contribution >= 4 is 34.4 Å². The fraction of sp³-hybridized carbons (Fsp3) is 0.560. The van der Waals surface area contributed by atoms with Crippen LogP contribution in [-0.4, -0.2) is 22.4 Å². The Balaban J connectivity index is 1.37. The first-order valence-electron chi connectivity index (χ1n) is 11.2. The van der Waals surface area contributed by atoms with Crippen molar-refractivity contribution in [2.45, 2.75) is 71.4 Å². The number of hydrogen-bond acceptors (Lipinski definition) is 4. The predicted octanol–water partition coefficient (Wildman–Crippen LogP) is 5.02. The molecule has 1 amide bonds. The first-order chi connectivity index (χ1) is 14.7. The molecule has 2 unspecified atom stereocenters. The summed E-state index contributed by atoms with van der Waals surface area (Å²) in [5.74, 6) is 0.813. The van der Waals surface area contributed by atoms with Crippen molar-refractivity contribution in [3.63, 3.8) is 0 Å². The average Bonchev–Trinajstić information content (AvgIpc) is 2.67. The van der Waals surface area contributed by atoms with E-state index in [0.29, 0.717) is 23.4 Å². The van der Waals surface area contributed by atoms with Crippen LogP contribution in [0.4, 0.5) is 0 Å². The summed E-state index contributed by atoms with van der Waals surface area (Å²) in [6, 6.07) is 6.07. The van der Waals surface area contributed by atoms with Crippen molar-refractivity contribution in [3.05, 3.63) is 40.0 Å². The van der Waals surface area contributed by atoms with Gasteiger partial charge in [0.05, 0.1) is 10.9 Å². The zero-order valence-corrected chi connectivity index (χ0v) is 19.1. The quantitative estimate of drug-likeness (QED) is 0.535. The van der Waals surface area contributed by atoms with E-state index in [-0.39, 0.29) is 24.0 Å². The number of hydrogen-bond donors (Lipinski definition) is 1. The number of pyridine rings is 1. The summed E-state index contributed by atoms with van der Waals surface area (Å²) < 4.78 is 5.87. The molecule has 0 saturated heterocycles. The van der Waals surface area contributed by atoms with E-state index < -0.39 is 5.41 Å². The topological polar surface area (TPSA) is 68.3 Å². The number of aryl methyl sites for hydroxylation is 2. The molecule has 4 aliphatic carbocycles. The SMILES string of the molecule is CC(=O)NC12CC3CC(C1)CC(C(=O)OCc1cc4ccc(C)c(C)c4nc1Cl)(C3)C2. The minimum absolute atomic E-state index is 0.00924. The lowest BCUT2D eigenvalue weighted by Gasteiger charge is -2.60. The lowest BCUT2D eigenvalue weighted by molar-refractivity contribution is -0.177. The van der Waals surface area contributed by atoms with Gasteiger partial charge in [0.25, 0.3) is 0 Å². The number of esters is 1. The van der Waals surface area contributed by atoms with Gasteiger partial charge >= 0.3 is 5.97 Å². The number of carbonyl (C=O) groups excluding carboxylic acids is 2. The van der Waals surface area contributed by atoms with Crippen LogP contribution < -0.4 is 5.32 Å². The maximum Gasteiger partial charge on any atom is 0.312 e. The Morgan fingerprint density at radius 1 is 1.19 bits per heavy atom. The van der Waals surface area contributed by atoms with E-state index >= 15 is 0 Å². The molecule has 1 aromatic carbocycles. The van der Waals surface area contributed by atoms with E-state index in [0.717, 1.165) is 54.1 Å². The Morgan fingerprint density at radius 3 is 2.58 bits per heavy atom. The van der Waals surface area contributed by atoms with Crippen molar-refractivity contribution in [3.8, 4) is 0 Å². The molecular formula is C25H29ClN2O3. The van der Waals surface area contributed by atoms with Crippen LogP contribution in [0.3, 0.4) is 0 Å². The Morgan fingerprint density at radius 2 is 1.90 bits per heavy atom. The molecular weight excluding hydrogens is 412 g/mol. The predicted molar refractivity (Wildman–Crippen MR) is 120 cm³/mol. The normalized spacial score (nSPS) is 31.1. The van der Waals surface area contributed by atoms with E-state index in [2.05, 4.69) is 23.3 Å². The third-order valence-corrected chi connectivity index (χ3v) is 8.16. The standard InChI is InChI=1S/C25H29ClN2O3/c1-14-4-5-19-7-20(22(26)27-21(19)15(14)2)12-31-23(30)24-8-17-6-18(9-24)11-25(10-17,13-24)28-16(3)29/h4-5,7,17-18H,6,8-13H2,1-3H3,(H,28,29). The minimum atomic E-state index is -0.489. The molecule has 6 rings (SSSR count). The van der Waals surface area contributed by atoms with Gasteiger partial charge in [-0.2, -0.15) is 0 Å². The van der Waals surface area contributed by atoms with Crippen LogP contribution in [0.25, 0.3) is 10.9 Å². The maximum absolute atomic E-state index is 13.4. The summed E-state index contributed by atoms with van der Waals surface area (Å²) in [4.78, 5) is 29.8. The summed E-state index contributed by atoms with van der Waals surface area (Å²) in [6.07, 6.45) is 5.55. The van der Waals surface area contributed by atoms with Gasteiger partial charge in [0, 0.05) is 23.4 Å². The monoisotopic (exact) mass is 440 g/mol. The van der Waals surface area contributed by atoms with Crippen LogP contribution in [0.15, 0.2) is 18.2 Å². The number of ether oxygens (including phenoxy) is 1. The summed E-state index contributed by atoms with van der Waals surface area (Å²) in [7, 11) is 0. The molecule has 164 valence electrons. The molecule has 2 aromatic rings. The highest BCUT2D eigenvalue weighted by molar-refractivity contribution is 6.30. The van der Waals surface area contributed by atoms with Crippen LogP contribution in [0.2, 0.25) is 5.15 Å². The first-order valence-corrected chi connectivity index (χ1v) is 11.6. The number of nitrogens with zero attached hydrogens (tertiary/aromatic N) is 1. The van der Waals surface area contributed by atoms with Gasteiger partial charge in [0.1, 0.15) is 11.8 Å². The number of nitrogens with one attached hydrogen (secondary N) is 1. The van der Waals surface area contributed by atoms with Crippen molar-refractivity contribution < 1.29 is 14.3 Å². The van der Waals surface area contributed by atoms with Gasteiger partial charge < -0.3 is 10.1 Å². The van der Waals surface area contributed by atoms with E-state index in [4.69, 9.17) is 16.3 Å². The molecule has 6 heteroatoms. The molecule has 4 bridgehead atoms. The van der Waals surface area contributed by atoms with E-state index in [1.807, 2.05) is 19.1 Å². The molecule has 4 aliphatic rings. The highest BCUT2D eigenvalue weighted by Crippen LogP contribution is 2.62. The summed E-state index contributed by atoms with van der Waals surface area (Å²) in [5, 5.41) is 4.58. The van der Waals surface area contributed by atoms with Gasteiger partial charge in [-0.05, 0) is 81.4 Å². The zero-order valence-electron chi connectivity index (χ0n) is 18.4. The molecule has 4 saturated carbocycles. The number of fused-ring (bicyclic) bond motifs is 1. The van der Waals surface area contributed by atoms with E-state index in [1.54, 1.807) is 6.92 Å². The number of benzene rings is 1. The number of carbonyl (C=O) groups is 2. The Labute approximate surface area is 187 Å². The summed E-state index contributed by atoms with van der Waals surface area (Å²) in [5.41, 5.74) is 3.17. The largest absolute Gasteiger partial charge is 0.460 e. The molecule has 0 aliphatic heterocycles. The molecule has 0 spiro atoms. The van der Waals surface area contributed by atoms with Gasteiger partial charge in [-0.15, -0.1) is 0 Å². The van der Waals surface area contributed by atoms with Crippen molar-refractivity contribution in [2.24, 2.45) is 17.3 Å². The number of aromatic nitrogens is 1. The zero-order chi connectivity index (χ0) is 22.0. The maximum atomic E-state index is 13.4. The van der Waals surface area contributed by atoms with Crippen LogP contribution in [0.5, 0.6) is 0 Å². The van der Waals surface area contributed by atoms with Crippen molar-refractivity contribution in [2.75, 3.05) is 0 Å². The Kier molecular flexibility index (Phi) is 4.81. The molecule has 0 radical (unpaired) electrons. The lowest BCUT2D eigenvalue weighted by Crippen LogP contribution is -2.64. The second kappa shape index (κ2) is 7.19. The third kappa shape index (κ3) is 3.51. The first kappa shape index (κ1) is 20.7. The van der Waals surface area contributed by atoms with Crippen LogP contribution in [0.1, 0.15) is 62.1 Å². The van der Waals surface area contributed by atoms with E-state index in [1.165, 1.54) is 5.56 Å². The number of amides is 1. The summed E-state index contributed by atoms with van der Waals surface area (Å²) >= 11 is 6.46.